The molecule has 0 spiro atoms. The maximum atomic E-state index is 4.81. The van der Waals surface area contributed by atoms with Crippen LogP contribution in [-0.4, -0.2) is 11.5 Å². The zero-order chi connectivity index (χ0) is 14.5. The van der Waals surface area contributed by atoms with E-state index in [1.165, 1.54) is 28.6 Å². The Morgan fingerprint density at radius 2 is 1.95 bits per heavy atom. The Morgan fingerprint density at radius 3 is 2.60 bits per heavy atom. The van der Waals surface area contributed by atoms with Crippen LogP contribution in [0.1, 0.15) is 56.9 Å². The number of hydrogen-bond donors (Lipinski definition) is 1. The summed E-state index contributed by atoms with van der Waals surface area (Å²) in [5, 5.41) is 4.82. The van der Waals surface area contributed by atoms with Crippen LogP contribution in [0.3, 0.4) is 0 Å². The van der Waals surface area contributed by atoms with E-state index in [0.29, 0.717) is 5.92 Å². The summed E-state index contributed by atoms with van der Waals surface area (Å²) in [6.07, 6.45) is 2.24. The summed E-state index contributed by atoms with van der Waals surface area (Å²) in [7, 11) is 0. The number of aromatic nitrogens is 1. The highest BCUT2D eigenvalue weighted by molar-refractivity contribution is 5.83. The van der Waals surface area contributed by atoms with E-state index in [0.717, 1.165) is 25.0 Å². The fourth-order valence-corrected chi connectivity index (χ4v) is 2.43. The maximum absolute atomic E-state index is 4.81. The Kier molecular flexibility index (Phi) is 5.13. The van der Waals surface area contributed by atoms with Crippen molar-refractivity contribution in [1.29, 1.82) is 0 Å². The van der Waals surface area contributed by atoms with Gasteiger partial charge in [-0.15, -0.1) is 0 Å². The Hall–Kier alpha value is -1.41. The Balaban J connectivity index is 2.47. The molecule has 1 N–H and O–H groups in total. The van der Waals surface area contributed by atoms with Crippen LogP contribution in [0.25, 0.3) is 10.9 Å². The Morgan fingerprint density at radius 1 is 1.15 bits per heavy atom. The molecule has 0 fully saturated rings. The van der Waals surface area contributed by atoms with E-state index in [9.17, 15) is 0 Å². The summed E-state index contributed by atoms with van der Waals surface area (Å²) >= 11 is 0. The maximum Gasteiger partial charge on any atom is 0.0708 e. The van der Waals surface area contributed by atoms with Crippen LogP contribution < -0.4 is 5.32 Å². The van der Waals surface area contributed by atoms with Crippen LogP contribution in [-0.2, 0) is 13.0 Å². The van der Waals surface area contributed by atoms with Crippen molar-refractivity contribution >= 4 is 10.9 Å². The smallest absolute Gasteiger partial charge is 0.0708 e. The number of benzene rings is 1. The van der Waals surface area contributed by atoms with Crippen LogP contribution >= 0.6 is 0 Å². The second-order valence-electron chi connectivity index (χ2n) is 5.74. The summed E-state index contributed by atoms with van der Waals surface area (Å²) in [4.78, 5) is 4.81. The van der Waals surface area contributed by atoms with E-state index in [2.05, 4.69) is 57.3 Å². The highest BCUT2D eigenvalue weighted by atomic mass is 14.8. The topological polar surface area (TPSA) is 24.9 Å². The minimum atomic E-state index is 0.468. The van der Waals surface area contributed by atoms with Crippen molar-refractivity contribution in [2.75, 3.05) is 6.54 Å². The molecule has 0 saturated heterocycles. The van der Waals surface area contributed by atoms with Crippen molar-refractivity contribution in [3.8, 4) is 0 Å². The highest BCUT2D eigenvalue weighted by Gasteiger charge is 2.09. The lowest BCUT2D eigenvalue weighted by Gasteiger charge is -2.13. The number of nitrogens with zero attached hydrogens (tertiary/aromatic N) is 1. The molecule has 2 nitrogen and oxygen atoms in total. The first-order chi connectivity index (χ1) is 9.65. The van der Waals surface area contributed by atoms with Gasteiger partial charge >= 0.3 is 0 Å². The molecule has 108 valence electrons. The number of rotatable bonds is 6. The summed E-state index contributed by atoms with van der Waals surface area (Å²) in [5.41, 5.74) is 5.08. The standard InChI is InChI=1S/C18H26N2/c1-5-9-19-12-15-11-18(13(3)4)20-17-8-7-14(6-2)10-16(15)17/h7-8,10-11,13,19H,5-6,9,12H2,1-4H3. The van der Waals surface area contributed by atoms with Crippen molar-refractivity contribution in [3.63, 3.8) is 0 Å². The average Bonchev–Trinajstić information content (AvgIpc) is 2.46. The molecule has 0 saturated carbocycles. The molecule has 0 radical (unpaired) electrons. The summed E-state index contributed by atoms with van der Waals surface area (Å²) in [5.74, 6) is 0.468. The largest absolute Gasteiger partial charge is 0.313 e. The number of aryl methyl sites for hydroxylation is 1. The van der Waals surface area contributed by atoms with E-state index in [1.807, 2.05) is 0 Å². The normalized spacial score (nSPS) is 11.4. The molecule has 0 aliphatic carbocycles. The Labute approximate surface area is 122 Å². The first-order valence-corrected chi connectivity index (χ1v) is 7.78. The van der Waals surface area contributed by atoms with Gasteiger partial charge in [0.15, 0.2) is 0 Å². The third-order valence-corrected chi connectivity index (χ3v) is 3.72. The second kappa shape index (κ2) is 6.85. The zero-order valence-corrected chi connectivity index (χ0v) is 13.2. The lowest BCUT2D eigenvalue weighted by atomic mass is 10.0. The van der Waals surface area contributed by atoms with Crippen LogP contribution in [0.5, 0.6) is 0 Å². The van der Waals surface area contributed by atoms with Crippen molar-refractivity contribution in [2.24, 2.45) is 0 Å². The van der Waals surface area contributed by atoms with Crippen LogP contribution in [0, 0.1) is 0 Å². The molecule has 0 amide bonds. The predicted molar refractivity (Wildman–Crippen MR) is 87.2 cm³/mol. The molecule has 2 rings (SSSR count). The van der Waals surface area contributed by atoms with Gasteiger partial charge in [-0.25, -0.2) is 0 Å². The van der Waals surface area contributed by atoms with Gasteiger partial charge in [0.05, 0.1) is 5.52 Å². The van der Waals surface area contributed by atoms with Crippen LogP contribution in [0.2, 0.25) is 0 Å². The van der Waals surface area contributed by atoms with Crippen molar-refractivity contribution in [3.05, 3.63) is 41.1 Å². The summed E-state index contributed by atoms with van der Waals surface area (Å²) in [6.45, 7) is 10.8. The van der Waals surface area contributed by atoms with Crippen LogP contribution in [0.4, 0.5) is 0 Å². The van der Waals surface area contributed by atoms with E-state index in [1.54, 1.807) is 0 Å². The monoisotopic (exact) mass is 270 g/mol. The van der Waals surface area contributed by atoms with Gasteiger partial charge in [-0.2, -0.15) is 0 Å². The summed E-state index contributed by atoms with van der Waals surface area (Å²) < 4.78 is 0. The molecule has 0 aliphatic rings. The minimum absolute atomic E-state index is 0.468. The SMILES string of the molecule is CCCNCc1cc(C(C)C)nc2ccc(CC)cc12. The molecule has 0 aliphatic heterocycles. The number of nitrogens with one attached hydrogen (secondary N) is 1. The van der Waals surface area contributed by atoms with Gasteiger partial charge in [0.25, 0.3) is 0 Å². The molecular formula is C18H26N2. The Bertz CT molecular complexity index is 573. The minimum Gasteiger partial charge on any atom is -0.313 e. The van der Waals surface area contributed by atoms with Crippen molar-refractivity contribution in [2.45, 2.75) is 53.0 Å². The zero-order valence-electron chi connectivity index (χ0n) is 13.2. The predicted octanol–water partition coefficient (Wildman–Crippen LogP) is 4.42. The molecule has 1 aromatic carbocycles. The molecule has 1 heterocycles. The molecule has 1 aromatic heterocycles. The lowest BCUT2D eigenvalue weighted by Crippen LogP contribution is -2.14. The molecule has 0 atom stereocenters. The number of hydrogen-bond acceptors (Lipinski definition) is 2. The second-order valence-corrected chi connectivity index (χ2v) is 5.74. The van der Waals surface area contributed by atoms with Gasteiger partial charge < -0.3 is 5.32 Å². The third kappa shape index (κ3) is 3.37. The first-order valence-electron chi connectivity index (χ1n) is 7.78. The van der Waals surface area contributed by atoms with E-state index >= 15 is 0 Å². The third-order valence-electron chi connectivity index (χ3n) is 3.72. The number of fused-ring (bicyclic) bond motifs is 1. The van der Waals surface area contributed by atoms with Gasteiger partial charge in [-0.05, 0) is 54.6 Å². The summed E-state index contributed by atoms with van der Waals surface area (Å²) in [6, 6.07) is 8.94. The first kappa shape index (κ1) is 15.0. The molecule has 2 heteroatoms. The van der Waals surface area contributed by atoms with Gasteiger partial charge in [0.1, 0.15) is 0 Å². The molecule has 0 bridgehead atoms. The van der Waals surface area contributed by atoms with Gasteiger partial charge in [-0.3, -0.25) is 4.98 Å². The van der Waals surface area contributed by atoms with E-state index < -0.39 is 0 Å². The van der Waals surface area contributed by atoms with Gasteiger partial charge in [-0.1, -0.05) is 33.8 Å². The van der Waals surface area contributed by atoms with E-state index in [-0.39, 0.29) is 0 Å². The fraction of sp³-hybridized carbons (Fsp3) is 0.500. The molecule has 20 heavy (non-hydrogen) atoms. The number of pyridine rings is 1. The fourth-order valence-electron chi connectivity index (χ4n) is 2.43. The van der Waals surface area contributed by atoms with Gasteiger partial charge in [0, 0.05) is 17.6 Å². The van der Waals surface area contributed by atoms with Gasteiger partial charge in [0.2, 0.25) is 0 Å². The molecule has 0 unspecified atom stereocenters. The van der Waals surface area contributed by atoms with Crippen molar-refractivity contribution in [1.82, 2.24) is 10.3 Å². The highest BCUT2D eigenvalue weighted by Crippen LogP contribution is 2.23. The lowest BCUT2D eigenvalue weighted by molar-refractivity contribution is 0.676. The quantitative estimate of drug-likeness (QED) is 0.786. The molecule has 2 aromatic rings. The van der Waals surface area contributed by atoms with Crippen molar-refractivity contribution < 1.29 is 0 Å². The average molecular weight is 270 g/mol. The van der Waals surface area contributed by atoms with E-state index in [4.69, 9.17) is 4.98 Å². The molecular weight excluding hydrogens is 244 g/mol. The van der Waals surface area contributed by atoms with Crippen LogP contribution in [0.15, 0.2) is 24.3 Å².